The van der Waals surface area contributed by atoms with Crippen LogP contribution in [0.25, 0.3) is 0 Å². The molecule has 0 amide bonds. The van der Waals surface area contributed by atoms with E-state index in [-0.39, 0.29) is 42.1 Å². The standard InChI is InChI=1S/C28H32O8S2/c1-3-20-28(37(32,33)24-14-6-4-7-15-24,38(34,35)25-16-8-5-9-17-25)21-10-12-23(2)13-11-22-36-27(31)19-18-26(29)30/h1,4-9,12,14-17H,10-11,13,18-22H2,2H3,(H,29,30)/b23-12+. The molecule has 0 aromatic heterocycles. The van der Waals surface area contributed by atoms with Crippen LogP contribution in [-0.4, -0.2) is 44.6 Å². The molecule has 0 fully saturated rings. The van der Waals surface area contributed by atoms with Gasteiger partial charge in [-0.05, 0) is 56.9 Å². The molecule has 0 saturated carbocycles. The zero-order valence-electron chi connectivity index (χ0n) is 21.2. The molecule has 38 heavy (non-hydrogen) atoms. The Bertz CT molecular complexity index is 1300. The average Bonchev–Trinajstić information content (AvgIpc) is 2.90. The van der Waals surface area contributed by atoms with Crippen molar-refractivity contribution in [2.75, 3.05) is 6.61 Å². The zero-order chi connectivity index (χ0) is 28.2. The summed E-state index contributed by atoms with van der Waals surface area (Å²) in [5.41, 5.74) is 0.857. The number of carbonyl (C=O) groups excluding carboxylic acids is 1. The normalized spacial score (nSPS) is 12.5. The fourth-order valence-corrected chi connectivity index (χ4v) is 8.88. The van der Waals surface area contributed by atoms with Gasteiger partial charge in [-0.3, -0.25) is 9.59 Å². The molecule has 204 valence electrons. The first-order chi connectivity index (χ1) is 18.0. The Morgan fingerprint density at radius 3 is 1.92 bits per heavy atom. The van der Waals surface area contributed by atoms with Gasteiger partial charge in [0.15, 0.2) is 23.8 Å². The Morgan fingerprint density at radius 1 is 0.921 bits per heavy atom. The molecule has 0 atom stereocenters. The fourth-order valence-electron chi connectivity index (χ4n) is 3.93. The molecule has 0 aliphatic rings. The summed E-state index contributed by atoms with van der Waals surface area (Å²) in [6, 6.07) is 14.8. The summed E-state index contributed by atoms with van der Waals surface area (Å²) in [5, 5.41) is 8.61. The lowest BCUT2D eigenvalue weighted by Gasteiger charge is -2.31. The number of ether oxygens (including phenoxy) is 1. The van der Waals surface area contributed by atoms with Gasteiger partial charge in [-0.15, -0.1) is 12.3 Å². The Hall–Kier alpha value is -3.42. The minimum absolute atomic E-state index is 0.107. The molecule has 1 N–H and O–H groups in total. The number of allylic oxidation sites excluding steroid dienone is 2. The highest BCUT2D eigenvalue weighted by molar-refractivity contribution is 8.10. The Kier molecular flexibility index (Phi) is 11.3. The number of benzene rings is 2. The molecule has 2 rings (SSSR count). The molecule has 0 bridgehead atoms. The molecular weight excluding hydrogens is 528 g/mol. The predicted molar refractivity (Wildman–Crippen MR) is 143 cm³/mol. The first kappa shape index (κ1) is 30.8. The summed E-state index contributed by atoms with van der Waals surface area (Å²) in [6.07, 6.45) is 7.17. The third-order valence-corrected chi connectivity index (χ3v) is 11.8. The summed E-state index contributed by atoms with van der Waals surface area (Å²) in [5.74, 6) is 0.633. The summed E-state index contributed by atoms with van der Waals surface area (Å²) in [4.78, 5) is 21.8. The maximum atomic E-state index is 13.9. The van der Waals surface area contributed by atoms with Gasteiger partial charge in [0, 0.05) is 6.42 Å². The lowest BCUT2D eigenvalue weighted by Crippen LogP contribution is -2.46. The van der Waals surface area contributed by atoms with Gasteiger partial charge in [-0.2, -0.15) is 0 Å². The number of esters is 1. The predicted octanol–water partition coefficient (Wildman–Crippen LogP) is 4.57. The third-order valence-electron chi connectivity index (χ3n) is 6.00. The van der Waals surface area contributed by atoms with Crippen LogP contribution in [-0.2, 0) is 34.0 Å². The van der Waals surface area contributed by atoms with Crippen molar-refractivity contribution >= 4 is 31.6 Å². The maximum Gasteiger partial charge on any atom is 0.306 e. The van der Waals surface area contributed by atoms with Crippen molar-refractivity contribution < 1.29 is 36.3 Å². The SMILES string of the molecule is C#CCC(CC/C=C(\C)CCCOC(=O)CCC(=O)O)(S(=O)(=O)c1ccccc1)S(=O)(=O)c1ccccc1. The molecule has 2 aromatic carbocycles. The molecule has 0 unspecified atom stereocenters. The van der Waals surface area contributed by atoms with Crippen molar-refractivity contribution in [1.82, 2.24) is 0 Å². The van der Waals surface area contributed by atoms with Gasteiger partial charge >= 0.3 is 11.9 Å². The molecule has 0 radical (unpaired) electrons. The van der Waals surface area contributed by atoms with E-state index in [1.54, 1.807) is 18.2 Å². The average molecular weight is 561 g/mol. The van der Waals surface area contributed by atoms with Gasteiger partial charge in [-0.1, -0.05) is 48.0 Å². The van der Waals surface area contributed by atoms with Crippen LogP contribution in [0.15, 0.2) is 82.1 Å². The smallest absolute Gasteiger partial charge is 0.306 e. The van der Waals surface area contributed by atoms with E-state index in [1.807, 2.05) is 6.92 Å². The topological polar surface area (TPSA) is 132 Å². The molecule has 0 aliphatic heterocycles. The van der Waals surface area contributed by atoms with E-state index in [2.05, 4.69) is 5.92 Å². The molecule has 2 aromatic rings. The number of hydrogen-bond donors (Lipinski definition) is 1. The first-order valence-corrected chi connectivity index (χ1v) is 15.0. The fraction of sp³-hybridized carbons (Fsp3) is 0.357. The van der Waals surface area contributed by atoms with Crippen LogP contribution < -0.4 is 0 Å². The third kappa shape index (κ3) is 7.55. The van der Waals surface area contributed by atoms with E-state index >= 15 is 0 Å². The van der Waals surface area contributed by atoms with Crippen LogP contribution in [0.2, 0.25) is 0 Å². The Labute approximate surface area is 224 Å². The minimum Gasteiger partial charge on any atom is -0.481 e. The van der Waals surface area contributed by atoms with Crippen LogP contribution in [0.3, 0.4) is 0 Å². The molecule has 8 nitrogen and oxygen atoms in total. The van der Waals surface area contributed by atoms with E-state index in [0.29, 0.717) is 12.8 Å². The van der Waals surface area contributed by atoms with Crippen molar-refractivity contribution in [1.29, 1.82) is 0 Å². The van der Waals surface area contributed by atoms with E-state index < -0.39 is 42.1 Å². The molecule has 0 spiro atoms. The number of aliphatic carboxylic acids is 1. The minimum atomic E-state index is -4.43. The number of sulfone groups is 2. The number of carboxylic acids is 1. The second-order valence-electron chi connectivity index (χ2n) is 8.73. The first-order valence-electron chi connectivity index (χ1n) is 12.0. The quantitative estimate of drug-likeness (QED) is 0.145. The second kappa shape index (κ2) is 13.9. The monoisotopic (exact) mass is 560 g/mol. The lowest BCUT2D eigenvalue weighted by atomic mass is 10.1. The van der Waals surface area contributed by atoms with Crippen LogP contribution in [0.5, 0.6) is 0 Å². The molecule has 0 heterocycles. The number of carbonyl (C=O) groups is 2. The van der Waals surface area contributed by atoms with E-state index in [4.69, 9.17) is 16.3 Å². The van der Waals surface area contributed by atoms with E-state index in [0.717, 1.165) is 5.57 Å². The van der Waals surface area contributed by atoms with Crippen LogP contribution in [0.4, 0.5) is 0 Å². The van der Waals surface area contributed by atoms with Gasteiger partial charge in [0.1, 0.15) is 0 Å². The highest BCUT2D eigenvalue weighted by Crippen LogP contribution is 2.42. The number of rotatable bonds is 15. The maximum absolute atomic E-state index is 13.9. The molecular formula is C28H32O8S2. The Morgan fingerprint density at radius 2 is 1.45 bits per heavy atom. The van der Waals surface area contributed by atoms with E-state index in [9.17, 15) is 26.4 Å². The summed E-state index contributed by atoms with van der Waals surface area (Å²) in [6.45, 7) is 1.92. The molecule has 0 saturated heterocycles. The zero-order valence-corrected chi connectivity index (χ0v) is 22.8. The van der Waals surface area contributed by atoms with Gasteiger partial charge in [0.05, 0.1) is 29.2 Å². The summed E-state index contributed by atoms with van der Waals surface area (Å²) < 4.78 is 58.4. The van der Waals surface area contributed by atoms with Gasteiger partial charge in [0.25, 0.3) is 0 Å². The van der Waals surface area contributed by atoms with Gasteiger partial charge in [0.2, 0.25) is 0 Å². The molecule has 10 heteroatoms. The van der Waals surface area contributed by atoms with Crippen LogP contribution in [0.1, 0.15) is 51.9 Å². The van der Waals surface area contributed by atoms with Gasteiger partial charge in [-0.25, -0.2) is 16.8 Å². The lowest BCUT2D eigenvalue weighted by molar-refractivity contribution is -0.147. The van der Waals surface area contributed by atoms with Crippen molar-refractivity contribution in [2.24, 2.45) is 0 Å². The number of carboxylic acid groups (broad SMARTS) is 1. The highest BCUT2D eigenvalue weighted by atomic mass is 32.3. The van der Waals surface area contributed by atoms with Crippen molar-refractivity contribution in [2.45, 2.75) is 65.7 Å². The summed E-state index contributed by atoms with van der Waals surface area (Å²) in [7, 11) is -8.86. The summed E-state index contributed by atoms with van der Waals surface area (Å²) >= 11 is 0. The molecule has 0 aliphatic carbocycles. The number of terminal acetylenes is 1. The van der Waals surface area contributed by atoms with Crippen molar-refractivity contribution in [3.63, 3.8) is 0 Å². The van der Waals surface area contributed by atoms with Crippen LogP contribution >= 0.6 is 0 Å². The largest absolute Gasteiger partial charge is 0.481 e. The van der Waals surface area contributed by atoms with Gasteiger partial charge < -0.3 is 9.84 Å². The number of hydrogen-bond acceptors (Lipinski definition) is 7. The Balaban J connectivity index is 2.28. The van der Waals surface area contributed by atoms with Crippen molar-refractivity contribution in [3.05, 3.63) is 72.3 Å². The van der Waals surface area contributed by atoms with Crippen LogP contribution in [0, 0.1) is 12.3 Å². The van der Waals surface area contributed by atoms with Crippen molar-refractivity contribution in [3.8, 4) is 12.3 Å². The van der Waals surface area contributed by atoms with E-state index in [1.165, 1.54) is 48.5 Å². The second-order valence-corrected chi connectivity index (χ2v) is 13.5. The highest BCUT2D eigenvalue weighted by Gasteiger charge is 2.55.